The van der Waals surface area contributed by atoms with Crippen molar-refractivity contribution in [3.8, 4) is 33.9 Å². The highest BCUT2D eigenvalue weighted by atomic mass is 19.4. The van der Waals surface area contributed by atoms with Gasteiger partial charge in [0, 0.05) is 22.9 Å². The molecule has 0 spiro atoms. The van der Waals surface area contributed by atoms with E-state index in [1.165, 1.54) is 24.3 Å². The second-order valence-electron chi connectivity index (χ2n) is 9.26. The molecule has 5 nitrogen and oxygen atoms in total. The third kappa shape index (κ3) is 6.03. The van der Waals surface area contributed by atoms with Crippen molar-refractivity contribution in [3.05, 3.63) is 120 Å². The van der Waals surface area contributed by atoms with E-state index in [1.807, 2.05) is 0 Å². The average Bonchev–Trinajstić information content (AvgIpc) is 3.39. The zero-order valence-corrected chi connectivity index (χ0v) is 21.8. The van der Waals surface area contributed by atoms with E-state index < -0.39 is 58.0 Å². The van der Waals surface area contributed by atoms with Gasteiger partial charge in [-0.3, -0.25) is 4.79 Å². The van der Waals surface area contributed by atoms with Gasteiger partial charge >= 0.3 is 12.4 Å². The second kappa shape index (κ2) is 11.2. The van der Waals surface area contributed by atoms with E-state index in [1.54, 1.807) is 30.3 Å². The molecule has 2 N–H and O–H groups in total. The van der Waals surface area contributed by atoms with E-state index >= 15 is 4.39 Å². The summed E-state index contributed by atoms with van der Waals surface area (Å²) in [6.45, 7) is 0. The Morgan fingerprint density at radius 1 is 0.721 bits per heavy atom. The standard InChI is InChI=1S/C31H19F7N4O/c32-26-16-19(14-15-20(26)18-8-2-1-3-9-18)23(27(39)43)17-42-29(22-11-5-7-13-25(22)31(36,37)38)40-28(41-42)21-10-4-6-12-24(21)30(33,34)35/h1-17H,(H2,39,43)/b23-17+. The molecule has 0 bridgehead atoms. The van der Waals surface area contributed by atoms with Gasteiger partial charge in [-0.05, 0) is 29.3 Å². The van der Waals surface area contributed by atoms with Crippen LogP contribution in [0.3, 0.4) is 0 Å². The first-order valence-electron chi connectivity index (χ1n) is 12.5. The molecule has 0 unspecified atom stereocenters. The van der Waals surface area contributed by atoms with Crippen molar-refractivity contribution >= 4 is 17.7 Å². The first-order chi connectivity index (χ1) is 20.3. The minimum Gasteiger partial charge on any atom is -0.366 e. The van der Waals surface area contributed by atoms with Crippen molar-refractivity contribution in [3.63, 3.8) is 0 Å². The van der Waals surface area contributed by atoms with Crippen LogP contribution in [-0.4, -0.2) is 20.7 Å². The number of primary amides is 1. The molecular weight excluding hydrogens is 577 g/mol. The molecule has 0 radical (unpaired) electrons. The molecule has 0 saturated heterocycles. The number of benzene rings is 4. The lowest BCUT2D eigenvalue weighted by molar-refractivity contribution is -0.137. The van der Waals surface area contributed by atoms with Crippen molar-refractivity contribution < 1.29 is 35.5 Å². The molecule has 1 aromatic heterocycles. The molecule has 0 atom stereocenters. The van der Waals surface area contributed by atoms with Gasteiger partial charge in [0.25, 0.3) is 5.91 Å². The smallest absolute Gasteiger partial charge is 0.366 e. The lowest BCUT2D eigenvalue weighted by Gasteiger charge is -2.12. The van der Waals surface area contributed by atoms with Crippen LogP contribution < -0.4 is 5.73 Å². The monoisotopic (exact) mass is 596 g/mol. The van der Waals surface area contributed by atoms with Gasteiger partial charge in [0.2, 0.25) is 0 Å². The van der Waals surface area contributed by atoms with Crippen molar-refractivity contribution in [2.75, 3.05) is 0 Å². The minimum absolute atomic E-state index is 0.0486. The second-order valence-corrected chi connectivity index (χ2v) is 9.26. The van der Waals surface area contributed by atoms with Gasteiger partial charge in [0.1, 0.15) is 5.82 Å². The van der Waals surface area contributed by atoms with Crippen LogP contribution in [0.2, 0.25) is 0 Å². The Balaban J connectivity index is 1.73. The molecule has 5 aromatic rings. The highest BCUT2D eigenvalue weighted by molar-refractivity contribution is 6.22. The summed E-state index contributed by atoms with van der Waals surface area (Å²) in [6.07, 6.45) is -8.79. The molecule has 4 aromatic carbocycles. The fraction of sp³-hybridized carbons (Fsp3) is 0.0645. The predicted octanol–water partition coefficient (Wildman–Crippen LogP) is 7.94. The molecule has 5 rings (SSSR count). The molecule has 0 aliphatic heterocycles. The number of halogens is 7. The summed E-state index contributed by atoms with van der Waals surface area (Å²) in [7, 11) is 0. The van der Waals surface area contributed by atoms with Gasteiger partial charge < -0.3 is 5.73 Å². The van der Waals surface area contributed by atoms with Gasteiger partial charge in [-0.25, -0.2) is 14.1 Å². The summed E-state index contributed by atoms with van der Waals surface area (Å²) in [5.74, 6) is -2.92. The van der Waals surface area contributed by atoms with E-state index in [2.05, 4.69) is 10.1 Å². The topological polar surface area (TPSA) is 73.8 Å². The molecule has 0 aliphatic carbocycles. The summed E-state index contributed by atoms with van der Waals surface area (Å²) >= 11 is 0. The largest absolute Gasteiger partial charge is 0.417 e. The van der Waals surface area contributed by atoms with Gasteiger partial charge in [-0.1, -0.05) is 78.9 Å². The Hall–Kier alpha value is -5.26. The summed E-state index contributed by atoms with van der Waals surface area (Å²) in [5, 5.41) is 4.05. The minimum atomic E-state index is -4.87. The van der Waals surface area contributed by atoms with E-state index in [0.29, 0.717) is 5.56 Å². The number of carbonyl (C=O) groups excluding carboxylic acids is 1. The van der Waals surface area contributed by atoms with Gasteiger partial charge in [-0.15, -0.1) is 5.10 Å². The van der Waals surface area contributed by atoms with E-state index in [0.717, 1.165) is 53.3 Å². The van der Waals surface area contributed by atoms with Crippen LogP contribution in [0.5, 0.6) is 0 Å². The SMILES string of the molecule is NC(=O)/C(=C/n1nc(-c2ccccc2C(F)(F)F)nc1-c1ccccc1C(F)(F)F)c1ccc(-c2ccccc2)c(F)c1. The lowest BCUT2D eigenvalue weighted by atomic mass is 9.99. The first-order valence-corrected chi connectivity index (χ1v) is 12.5. The van der Waals surface area contributed by atoms with Crippen LogP contribution in [-0.2, 0) is 17.1 Å². The Labute approximate surface area is 239 Å². The quantitative estimate of drug-likeness (QED) is 0.160. The number of nitrogens with zero attached hydrogens (tertiary/aromatic N) is 3. The maximum Gasteiger partial charge on any atom is 0.417 e. The lowest BCUT2D eigenvalue weighted by Crippen LogP contribution is -2.15. The number of hydrogen-bond donors (Lipinski definition) is 1. The van der Waals surface area contributed by atoms with Crippen molar-refractivity contribution in [1.29, 1.82) is 0 Å². The van der Waals surface area contributed by atoms with Gasteiger partial charge in [0.05, 0.1) is 16.7 Å². The molecule has 43 heavy (non-hydrogen) atoms. The number of alkyl halides is 6. The first kappa shape index (κ1) is 29.2. The van der Waals surface area contributed by atoms with Crippen LogP contribution in [0.15, 0.2) is 97.1 Å². The molecule has 1 amide bonds. The zero-order valence-electron chi connectivity index (χ0n) is 21.8. The zero-order chi connectivity index (χ0) is 30.9. The number of hydrogen-bond acceptors (Lipinski definition) is 3. The van der Waals surface area contributed by atoms with E-state index in [4.69, 9.17) is 5.73 Å². The maximum atomic E-state index is 15.2. The molecular formula is C31H19F7N4O. The fourth-order valence-electron chi connectivity index (χ4n) is 4.50. The van der Waals surface area contributed by atoms with Crippen LogP contribution >= 0.6 is 0 Å². The number of nitrogens with two attached hydrogens (primary N) is 1. The molecule has 1 heterocycles. The van der Waals surface area contributed by atoms with E-state index in [9.17, 15) is 31.1 Å². The number of carbonyl (C=O) groups is 1. The Bertz CT molecular complexity index is 1840. The maximum absolute atomic E-state index is 15.2. The van der Waals surface area contributed by atoms with Crippen molar-refractivity contribution in [2.45, 2.75) is 12.4 Å². The normalized spacial score (nSPS) is 12.4. The third-order valence-corrected chi connectivity index (χ3v) is 6.46. The van der Waals surface area contributed by atoms with Crippen LogP contribution in [0.4, 0.5) is 30.7 Å². The highest BCUT2D eigenvalue weighted by Crippen LogP contribution is 2.39. The fourth-order valence-corrected chi connectivity index (χ4v) is 4.50. The molecule has 218 valence electrons. The Kier molecular flexibility index (Phi) is 7.61. The number of amides is 1. The van der Waals surface area contributed by atoms with Crippen molar-refractivity contribution in [1.82, 2.24) is 14.8 Å². The Morgan fingerprint density at radius 2 is 1.28 bits per heavy atom. The molecule has 0 fully saturated rings. The summed E-state index contributed by atoms with van der Waals surface area (Å²) < 4.78 is 99.2. The number of aromatic nitrogens is 3. The summed E-state index contributed by atoms with van der Waals surface area (Å²) in [5.41, 5.74) is 2.60. The highest BCUT2D eigenvalue weighted by Gasteiger charge is 2.37. The van der Waals surface area contributed by atoms with Crippen LogP contribution in [0, 0.1) is 5.82 Å². The van der Waals surface area contributed by atoms with Gasteiger partial charge in [0.15, 0.2) is 11.6 Å². The molecule has 0 saturated carbocycles. The number of rotatable bonds is 6. The Morgan fingerprint density at radius 3 is 1.86 bits per heavy atom. The summed E-state index contributed by atoms with van der Waals surface area (Å²) in [4.78, 5) is 16.6. The predicted molar refractivity (Wildman–Crippen MR) is 146 cm³/mol. The van der Waals surface area contributed by atoms with Crippen molar-refractivity contribution in [2.24, 2.45) is 5.73 Å². The van der Waals surface area contributed by atoms with Gasteiger partial charge in [-0.2, -0.15) is 26.3 Å². The van der Waals surface area contributed by atoms with E-state index in [-0.39, 0.29) is 16.7 Å². The van der Waals surface area contributed by atoms with Crippen LogP contribution in [0.1, 0.15) is 16.7 Å². The third-order valence-electron chi connectivity index (χ3n) is 6.46. The molecule has 0 aliphatic rings. The molecule has 12 heteroatoms. The summed E-state index contributed by atoms with van der Waals surface area (Å²) in [6, 6.07) is 20.8. The average molecular weight is 597 g/mol. The van der Waals surface area contributed by atoms with Crippen LogP contribution in [0.25, 0.3) is 45.7 Å².